The summed E-state index contributed by atoms with van der Waals surface area (Å²) in [6.45, 7) is 2.71. The monoisotopic (exact) mass is 311 g/mol. The van der Waals surface area contributed by atoms with E-state index in [9.17, 15) is 4.79 Å². The zero-order valence-electron chi connectivity index (χ0n) is 13.4. The molecule has 1 amide bonds. The largest absolute Gasteiger partial charge is 0.497 e. The van der Waals surface area contributed by atoms with Crippen LogP contribution in [0.3, 0.4) is 0 Å². The fraction of sp³-hybridized carbons (Fsp3) is 0.211. The summed E-state index contributed by atoms with van der Waals surface area (Å²) in [5, 5.41) is 2.80. The third-order valence-corrected chi connectivity index (χ3v) is 3.13. The Hall–Kier alpha value is -2.75. The minimum absolute atomic E-state index is 0.205. The summed E-state index contributed by atoms with van der Waals surface area (Å²) >= 11 is 0. The number of hydrogen-bond acceptors (Lipinski definition) is 3. The van der Waals surface area contributed by atoms with Crippen molar-refractivity contribution in [2.75, 3.05) is 19.0 Å². The highest BCUT2D eigenvalue weighted by molar-refractivity contribution is 6.02. The Morgan fingerprint density at radius 2 is 2.00 bits per heavy atom. The Kier molecular flexibility index (Phi) is 6.24. The van der Waals surface area contributed by atoms with Crippen LogP contribution < -0.4 is 14.8 Å². The average Bonchev–Trinajstić information content (AvgIpc) is 2.59. The second-order valence-electron chi connectivity index (χ2n) is 4.94. The van der Waals surface area contributed by atoms with Gasteiger partial charge in [0, 0.05) is 23.4 Å². The number of carbonyl (C=O) groups excluding carboxylic acids is 1. The van der Waals surface area contributed by atoms with Crippen LogP contribution in [0.25, 0.3) is 6.08 Å². The number of rotatable bonds is 7. The van der Waals surface area contributed by atoms with Crippen molar-refractivity contribution in [1.29, 1.82) is 0 Å². The van der Waals surface area contributed by atoms with E-state index in [1.807, 2.05) is 42.5 Å². The minimum Gasteiger partial charge on any atom is -0.497 e. The van der Waals surface area contributed by atoms with E-state index in [4.69, 9.17) is 9.47 Å². The van der Waals surface area contributed by atoms with Gasteiger partial charge in [0.05, 0.1) is 13.7 Å². The molecule has 0 atom stereocenters. The Labute approximate surface area is 136 Å². The first kappa shape index (κ1) is 16.6. The Bertz CT molecular complexity index is 680. The van der Waals surface area contributed by atoms with Gasteiger partial charge in [0.25, 0.3) is 0 Å². The van der Waals surface area contributed by atoms with Gasteiger partial charge in [-0.25, -0.2) is 0 Å². The molecular formula is C19H21NO3. The molecule has 0 aromatic heterocycles. The number of anilines is 1. The Morgan fingerprint density at radius 3 is 2.78 bits per heavy atom. The molecule has 0 unspecified atom stereocenters. The fourth-order valence-electron chi connectivity index (χ4n) is 2.01. The molecule has 2 rings (SSSR count). The minimum atomic E-state index is -0.205. The molecule has 0 saturated carbocycles. The van der Waals surface area contributed by atoms with E-state index < -0.39 is 0 Å². The van der Waals surface area contributed by atoms with Crippen LogP contribution in [-0.4, -0.2) is 19.6 Å². The lowest BCUT2D eigenvalue weighted by Crippen LogP contribution is -2.07. The number of benzene rings is 2. The smallest absolute Gasteiger partial charge is 0.248 e. The molecule has 1 N–H and O–H groups in total. The lowest BCUT2D eigenvalue weighted by Gasteiger charge is -2.08. The van der Waals surface area contributed by atoms with Crippen molar-refractivity contribution in [1.82, 2.24) is 0 Å². The molecule has 4 heteroatoms. The van der Waals surface area contributed by atoms with Gasteiger partial charge in [-0.15, -0.1) is 0 Å². The van der Waals surface area contributed by atoms with Crippen LogP contribution >= 0.6 is 0 Å². The molecule has 0 saturated heterocycles. The van der Waals surface area contributed by atoms with E-state index in [0.717, 1.165) is 17.7 Å². The maximum Gasteiger partial charge on any atom is 0.248 e. The fourth-order valence-corrected chi connectivity index (χ4v) is 2.01. The summed E-state index contributed by atoms with van der Waals surface area (Å²) in [5.74, 6) is 1.27. The van der Waals surface area contributed by atoms with Crippen molar-refractivity contribution in [3.05, 3.63) is 60.2 Å². The van der Waals surface area contributed by atoms with Gasteiger partial charge >= 0.3 is 0 Å². The van der Waals surface area contributed by atoms with Crippen molar-refractivity contribution in [3.8, 4) is 11.5 Å². The molecule has 0 fully saturated rings. The number of para-hydroxylation sites is 1. The van der Waals surface area contributed by atoms with E-state index in [-0.39, 0.29) is 5.91 Å². The van der Waals surface area contributed by atoms with Crippen molar-refractivity contribution in [2.45, 2.75) is 13.3 Å². The second kappa shape index (κ2) is 8.63. The molecular weight excluding hydrogens is 290 g/mol. The van der Waals surface area contributed by atoms with Crippen LogP contribution in [0.15, 0.2) is 54.6 Å². The van der Waals surface area contributed by atoms with Gasteiger partial charge in [-0.3, -0.25) is 4.79 Å². The van der Waals surface area contributed by atoms with Crippen molar-refractivity contribution < 1.29 is 14.3 Å². The predicted octanol–water partition coefficient (Wildman–Crippen LogP) is 4.14. The van der Waals surface area contributed by atoms with Gasteiger partial charge in [0.1, 0.15) is 11.5 Å². The number of nitrogens with one attached hydrogen (secondary N) is 1. The number of amides is 1. The summed E-state index contributed by atoms with van der Waals surface area (Å²) in [7, 11) is 1.59. The average molecular weight is 311 g/mol. The summed E-state index contributed by atoms with van der Waals surface area (Å²) in [4.78, 5) is 12.0. The van der Waals surface area contributed by atoms with E-state index in [1.165, 1.54) is 6.08 Å². The molecule has 0 aliphatic heterocycles. The SMILES string of the molecule is CCCOc1ccccc1C=CC(=O)Nc1cccc(OC)c1. The molecule has 0 aliphatic rings. The first-order valence-electron chi connectivity index (χ1n) is 7.58. The molecule has 23 heavy (non-hydrogen) atoms. The zero-order chi connectivity index (χ0) is 16.5. The van der Waals surface area contributed by atoms with E-state index >= 15 is 0 Å². The van der Waals surface area contributed by atoms with Crippen LogP contribution in [0.4, 0.5) is 5.69 Å². The van der Waals surface area contributed by atoms with Gasteiger partial charge in [-0.05, 0) is 30.7 Å². The molecule has 0 spiro atoms. The first-order chi connectivity index (χ1) is 11.2. The zero-order valence-corrected chi connectivity index (χ0v) is 13.4. The molecule has 2 aromatic rings. The Balaban J connectivity index is 2.03. The highest BCUT2D eigenvalue weighted by Gasteiger charge is 2.02. The molecule has 0 heterocycles. The van der Waals surface area contributed by atoms with Crippen molar-refractivity contribution >= 4 is 17.7 Å². The number of methoxy groups -OCH3 is 1. The van der Waals surface area contributed by atoms with E-state index in [1.54, 1.807) is 19.3 Å². The van der Waals surface area contributed by atoms with Crippen LogP contribution in [0.2, 0.25) is 0 Å². The highest BCUT2D eigenvalue weighted by atomic mass is 16.5. The molecule has 0 bridgehead atoms. The number of ether oxygens (including phenoxy) is 2. The third-order valence-electron chi connectivity index (χ3n) is 3.13. The second-order valence-corrected chi connectivity index (χ2v) is 4.94. The number of carbonyl (C=O) groups is 1. The molecule has 0 aliphatic carbocycles. The quantitative estimate of drug-likeness (QED) is 0.782. The first-order valence-corrected chi connectivity index (χ1v) is 7.58. The Morgan fingerprint density at radius 1 is 1.17 bits per heavy atom. The van der Waals surface area contributed by atoms with Crippen LogP contribution in [0, 0.1) is 0 Å². The van der Waals surface area contributed by atoms with Crippen LogP contribution in [0.1, 0.15) is 18.9 Å². The summed E-state index contributed by atoms with van der Waals surface area (Å²) < 4.78 is 10.8. The van der Waals surface area contributed by atoms with Gasteiger partial charge in [-0.2, -0.15) is 0 Å². The maximum absolute atomic E-state index is 12.0. The van der Waals surface area contributed by atoms with Crippen LogP contribution in [-0.2, 0) is 4.79 Å². The topological polar surface area (TPSA) is 47.6 Å². The molecule has 2 aromatic carbocycles. The van der Waals surface area contributed by atoms with Gasteiger partial charge in [0.15, 0.2) is 0 Å². The molecule has 120 valence electrons. The molecule has 4 nitrogen and oxygen atoms in total. The number of hydrogen-bond donors (Lipinski definition) is 1. The lowest BCUT2D eigenvalue weighted by molar-refractivity contribution is -0.111. The summed E-state index contributed by atoms with van der Waals surface area (Å²) in [6, 6.07) is 14.9. The third kappa shape index (κ3) is 5.18. The van der Waals surface area contributed by atoms with Gasteiger partial charge < -0.3 is 14.8 Å². The summed E-state index contributed by atoms with van der Waals surface area (Å²) in [6.07, 6.45) is 4.18. The lowest BCUT2D eigenvalue weighted by atomic mass is 10.2. The predicted molar refractivity (Wildman–Crippen MR) is 92.9 cm³/mol. The van der Waals surface area contributed by atoms with Crippen molar-refractivity contribution in [3.63, 3.8) is 0 Å². The van der Waals surface area contributed by atoms with Gasteiger partial charge in [0.2, 0.25) is 5.91 Å². The summed E-state index contributed by atoms with van der Waals surface area (Å²) in [5.41, 5.74) is 1.57. The highest BCUT2D eigenvalue weighted by Crippen LogP contribution is 2.20. The normalized spacial score (nSPS) is 10.5. The van der Waals surface area contributed by atoms with Gasteiger partial charge in [-0.1, -0.05) is 31.2 Å². The standard InChI is InChI=1S/C19H21NO3/c1-3-13-23-18-10-5-4-7-15(18)11-12-19(21)20-16-8-6-9-17(14-16)22-2/h4-12,14H,3,13H2,1-2H3,(H,20,21). The maximum atomic E-state index is 12.0. The van der Waals surface area contributed by atoms with Crippen LogP contribution in [0.5, 0.6) is 11.5 Å². The van der Waals surface area contributed by atoms with Crippen molar-refractivity contribution in [2.24, 2.45) is 0 Å². The van der Waals surface area contributed by atoms with E-state index in [0.29, 0.717) is 18.0 Å². The molecule has 0 radical (unpaired) electrons. The van der Waals surface area contributed by atoms with E-state index in [2.05, 4.69) is 12.2 Å².